The summed E-state index contributed by atoms with van der Waals surface area (Å²) in [6.45, 7) is 10.6. The Kier molecular flexibility index (Phi) is 5.31. The van der Waals surface area contributed by atoms with Crippen LogP contribution in [0.3, 0.4) is 0 Å². The lowest BCUT2D eigenvalue weighted by atomic mass is 10.2. The molecule has 0 fully saturated rings. The van der Waals surface area contributed by atoms with Gasteiger partial charge in [0.25, 0.3) is 0 Å². The van der Waals surface area contributed by atoms with Crippen molar-refractivity contribution < 1.29 is 0 Å². The van der Waals surface area contributed by atoms with Crippen molar-refractivity contribution in [1.29, 1.82) is 0 Å². The number of hydrogen-bond acceptors (Lipinski definition) is 4. The van der Waals surface area contributed by atoms with Gasteiger partial charge in [-0.05, 0) is 33.2 Å². The first-order chi connectivity index (χ1) is 9.67. The standard InChI is InChI=1S/C15H24N4S/c1-5-7-17-14(15-18-11(3)12(4)20-15)13-9-16-10-19(13)8-6-2/h9-10,14,17H,5-8H2,1-4H3. The molecule has 110 valence electrons. The average molecular weight is 292 g/mol. The van der Waals surface area contributed by atoms with Crippen molar-refractivity contribution in [2.24, 2.45) is 0 Å². The van der Waals surface area contributed by atoms with Crippen LogP contribution in [0.5, 0.6) is 0 Å². The zero-order valence-corrected chi connectivity index (χ0v) is 13.6. The molecule has 2 aromatic rings. The Labute approximate surface area is 125 Å². The molecule has 2 rings (SSSR count). The number of nitrogens with one attached hydrogen (secondary N) is 1. The Bertz CT molecular complexity index is 524. The summed E-state index contributed by atoms with van der Waals surface area (Å²) >= 11 is 1.78. The first-order valence-corrected chi connectivity index (χ1v) is 8.16. The molecule has 2 aromatic heterocycles. The summed E-state index contributed by atoms with van der Waals surface area (Å²) in [5, 5.41) is 4.76. The second-order valence-corrected chi connectivity index (χ2v) is 6.33. The fourth-order valence-corrected chi connectivity index (χ4v) is 3.24. The Morgan fingerprint density at radius 1 is 1.30 bits per heavy atom. The second-order valence-electron chi connectivity index (χ2n) is 5.09. The quantitative estimate of drug-likeness (QED) is 0.850. The molecular weight excluding hydrogens is 268 g/mol. The van der Waals surface area contributed by atoms with Crippen molar-refractivity contribution >= 4 is 11.3 Å². The molecule has 1 N–H and O–H groups in total. The predicted molar refractivity (Wildman–Crippen MR) is 84.2 cm³/mol. The van der Waals surface area contributed by atoms with Gasteiger partial charge in [-0.1, -0.05) is 13.8 Å². The zero-order chi connectivity index (χ0) is 14.5. The minimum absolute atomic E-state index is 0.154. The Balaban J connectivity index is 2.33. The number of aromatic nitrogens is 3. The van der Waals surface area contributed by atoms with Crippen LogP contribution >= 0.6 is 11.3 Å². The predicted octanol–water partition coefficient (Wildman–Crippen LogP) is 3.46. The molecule has 0 spiro atoms. The number of nitrogens with zero attached hydrogens (tertiary/aromatic N) is 3. The summed E-state index contributed by atoms with van der Waals surface area (Å²) in [6, 6.07) is 0.154. The third-order valence-electron chi connectivity index (χ3n) is 3.40. The van der Waals surface area contributed by atoms with Crippen molar-refractivity contribution in [2.45, 2.75) is 53.1 Å². The largest absolute Gasteiger partial charge is 0.333 e. The number of hydrogen-bond donors (Lipinski definition) is 1. The summed E-state index contributed by atoms with van der Waals surface area (Å²) in [5.74, 6) is 0. The normalized spacial score (nSPS) is 12.8. The van der Waals surface area contributed by atoms with Crippen LogP contribution in [-0.4, -0.2) is 21.1 Å². The molecule has 0 aliphatic carbocycles. The molecule has 0 saturated heterocycles. The van der Waals surface area contributed by atoms with Crippen LogP contribution in [-0.2, 0) is 6.54 Å². The van der Waals surface area contributed by atoms with Crippen LogP contribution in [0.25, 0.3) is 0 Å². The van der Waals surface area contributed by atoms with E-state index in [2.05, 4.69) is 42.6 Å². The molecule has 2 heterocycles. The molecule has 4 nitrogen and oxygen atoms in total. The maximum atomic E-state index is 4.74. The lowest BCUT2D eigenvalue weighted by molar-refractivity contribution is 0.541. The van der Waals surface area contributed by atoms with Gasteiger partial charge in [-0.2, -0.15) is 0 Å². The summed E-state index contributed by atoms with van der Waals surface area (Å²) in [6.07, 6.45) is 6.11. The number of rotatable bonds is 7. The van der Waals surface area contributed by atoms with E-state index in [1.54, 1.807) is 11.3 Å². The van der Waals surface area contributed by atoms with Crippen LogP contribution in [0.15, 0.2) is 12.5 Å². The average Bonchev–Trinajstić information content (AvgIpc) is 3.00. The summed E-state index contributed by atoms with van der Waals surface area (Å²) < 4.78 is 2.24. The first kappa shape index (κ1) is 15.2. The fraction of sp³-hybridized carbons (Fsp3) is 0.600. The van der Waals surface area contributed by atoms with E-state index >= 15 is 0 Å². The van der Waals surface area contributed by atoms with E-state index in [4.69, 9.17) is 4.98 Å². The SMILES string of the molecule is CCCNC(c1nc(C)c(C)s1)c1cncn1CCC. The fourth-order valence-electron chi connectivity index (χ4n) is 2.23. The summed E-state index contributed by atoms with van der Waals surface area (Å²) in [7, 11) is 0. The maximum Gasteiger partial charge on any atom is 0.116 e. The molecular formula is C15H24N4S. The molecule has 0 aliphatic rings. The smallest absolute Gasteiger partial charge is 0.116 e. The highest BCUT2D eigenvalue weighted by Gasteiger charge is 2.21. The minimum Gasteiger partial charge on any atom is -0.333 e. The first-order valence-electron chi connectivity index (χ1n) is 7.34. The molecule has 0 aromatic carbocycles. The zero-order valence-electron chi connectivity index (χ0n) is 12.8. The van der Waals surface area contributed by atoms with Crippen LogP contribution in [0, 0.1) is 13.8 Å². The van der Waals surface area contributed by atoms with Gasteiger partial charge in [0.05, 0.1) is 23.9 Å². The van der Waals surface area contributed by atoms with Crippen LogP contribution in [0.4, 0.5) is 0 Å². The highest BCUT2D eigenvalue weighted by atomic mass is 32.1. The van der Waals surface area contributed by atoms with Gasteiger partial charge < -0.3 is 9.88 Å². The van der Waals surface area contributed by atoms with Gasteiger partial charge >= 0.3 is 0 Å². The van der Waals surface area contributed by atoms with Gasteiger partial charge in [-0.25, -0.2) is 9.97 Å². The van der Waals surface area contributed by atoms with Crippen molar-refractivity contribution in [3.05, 3.63) is 33.8 Å². The minimum atomic E-state index is 0.154. The topological polar surface area (TPSA) is 42.7 Å². The highest BCUT2D eigenvalue weighted by molar-refractivity contribution is 7.11. The van der Waals surface area contributed by atoms with Crippen molar-refractivity contribution in [3.8, 4) is 0 Å². The lowest BCUT2D eigenvalue weighted by Crippen LogP contribution is -2.25. The summed E-state index contributed by atoms with van der Waals surface area (Å²) in [5.41, 5.74) is 2.35. The van der Waals surface area contributed by atoms with E-state index in [-0.39, 0.29) is 6.04 Å². The highest BCUT2D eigenvalue weighted by Crippen LogP contribution is 2.28. The van der Waals surface area contributed by atoms with Crippen molar-refractivity contribution in [2.75, 3.05) is 6.54 Å². The molecule has 20 heavy (non-hydrogen) atoms. The number of aryl methyl sites for hydroxylation is 3. The van der Waals surface area contributed by atoms with E-state index < -0.39 is 0 Å². The molecule has 1 atom stereocenters. The molecule has 0 aliphatic heterocycles. The molecule has 5 heteroatoms. The number of thiazole rings is 1. The van der Waals surface area contributed by atoms with Crippen LogP contribution in [0.2, 0.25) is 0 Å². The van der Waals surface area contributed by atoms with E-state index in [1.165, 1.54) is 10.6 Å². The summed E-state index contributed by atoms with van der Waals surface area (Å²) in [4.78, 5) is 10.4. The van der Waals surface area contributed by atoms with E-state index in [9.17, 15) is 0 Å². The molecule has 0 bridgehead atoms. The van der Waals surface area contributed by atoms with Gasteiger partial charge in [-0.3, -0.25) is 0 Å². The van der Waals surface area contributed by atoms with Gasteiger partial charge in [0.15, 0.2) is 0 Å². The Morgan fingerprint density at radius 3 is 2.70 bits per heavy atom. The molecule has 0 radical (unpaired) electrons. The van der Waals surface area contributed by atoms with Gasteiger partial charge in [0.2, 0.25) is 0 Å². The molecule has 0 amide bonds. The maximum absolute atomic E-state index is 4.74. The van der Waals surface area contributed by atoms with E-state index in [1.807, 2.05) is 12.5 Å². The molecule has 1 unspecified atom stereocenters. The van der Waals surface area contributed by atoms with Crippen molar-refractivity contribution in [3.63, 3.8) is 0 Å². The second kappa shape index (κ2) is 6.99. The Hall–Kier alpha value is -1.20. The lowest BCUT2D eigenvalue weighted by Gasteiger charge is -2.18. The van der Waals surface area contributed by atoms with Crippen molar-refractivity contribution in [1.82, 2.24) is 19.9 Å². The Morgan fingerprint density at radius 2 is 2.10 bits per heavy atom. The van der Waals surface area contributed by atoms with Crippen LogP contribution < -0.4 is 5.32 Å². The third kappa shape index (κ3) is 3.27. The van der Waals surface area contributed by atoms with Gasteiger partial charge in [0, 0.05) is 11.4 Å². The van der Waals surface area contributed by atoms with Crippen LogP contribution in [0.1, 0.15) is 54.0 Å². The van der Waals surface area contributed by atoms with Gasteiger partial charge in [0.1, 0.15) is 11.0 Å². The van der Waals surface area contributed by atoms with E-state index in [0.717, 1.165) is 36.6 Å². The number of imidazole rings is 1. The van der Waals surface area contributed by atoms with E-state index in [0.29, 0.717) is 0 Å². The van der Waals surface area contributed by atoms with Gasteiger partial charge in [-0.15, -0.1) is 11.3 Å². The third-order valence-corrected chi connectivity index (χ3v) is 4.53. The monoisotopic (exact) mass is 292 g/mol. The molecule has 0 saturated carbocycles.